The molecule has 0 aromatic rings. The first-order valence-corrected chi connectivity index (χ1v) is 6.27. The Bertz CT molecular complexity index is 371. The number of aliphatic hydroxyl groups excluding tert-OH is 1. The van der Waals surface area contributed by atoms with E-state index >= 15 is 0 Å². The average molecular weight is 288 g/mol. The summed E-state index contributed by atoms with van der Waals surface area (Å²) in [7, 11) is 0. The number of nitrogens with one attached hydrogen (secondary N) is 2. The molecule has 1 saturated heterocycles. The number of amides is 2. The van der Waals surface area contributed by atoms with Crippen molar-refractivity contribution in [1.29, 1.82) is 0 Å². The van der Waals surface area contributed by atoms with Gasteiger partial charge >= 0.3 is 5.97 Å². The predicted octanol–water partition coefficient (Wildman–Crippen LogP) is -1.34. The van der Waals surface area contributed by atoms with Crippen LogP contribution in [0, 0.1) is 0 Å². The third-order valence-corrected chi connectivity index (χ3v) is 2.92. The summed E-state index contributed by atoms with van der Waals surface area (Å²) in [6.07, 6.45) is -2.83. The molecule has 3 N–H and O–H groups in total. The first kappa shape index (κ1) is 16.4. The summed E-state index contributed by atoms with van der Waals surface area (Å²) in [4.78, 5) is 33.7. The van der Waals surface area contributed by atoms with Crippen molar-refractivity contribution < 1.29 is 29.0 Å². The second kappa shape index (κ2) is 6.67. The summed E-state index contributed by atoms with van der Waals surface area (Å²) in [5.41, 5.74) is 0. The van der Waals surface area contributed by atoms with Gasteiger partial charge in [0.05, 0.1) is 12.1 Å². The van der Waals surface area contributed by atoms with Gasteiger partial charge in [0.15, 0.2) is 6.29 Å². The molecule has 8 heteroatoms. The highest BCUT2D eigenvalue weighted by molar-refractivity contribution is 5.74. The van der Waals surface area contributed by atoms with Crippen molar-refractivity contribution in [2.24, 2.45) is 0 Å². The third-order valence-electron chi connectivity index (χ3n) is 2.92. The molecule has 114 valence electrons. The lowest BCUT2D eigenvalue weighted by molar-refractivity contribution is -0.222. The smallest absolute Gasteiger partial charge is 0.303 e. The van der Waals surface area contributed by atoms with E-state index in [0.29, 0.717) is 0 Å². The Kier molecular flexibility index (Phi) is 5.46. The normalized spacial score (nSPS) is 33.1. The van der Waals surface area contributed by atoms with Gasteiger partial charge in [-0.05, 0) is 6.92 Å². The minimum Gasteiger partial charge on any atom is -0.458 e. The van der Waals surface area contributed by atoms with E-state index in [4.69, 9.17) is 9.47 Å². The predicted molar refractivity (Wildman–Crippen MR) is 67.3 cm³/mol. The van der Waals surface area contributed by atoms with Crippen LogP contribution >= 0.6 is 0 Å². The van der Waals surface area contributed by atoms with Crippen LogP contribution in [0.2, 0.25) is 0 Å². The van der Waals surface area contributed by atoms with E-state index < -0.39 is 42.5 Å². The second-order valence-corrected chi connectivity index (χ2v) is 4.76. The molecular formula is C12H20N2O6. The SMILES string of the molecule is CC(=O)N[C@@H]1[C@@H](OC(C)=O)[C@@H](NC(C)=O)[C@H](O)O[C@H]1C. The summed E-state index contributed by atoms with van der Waals surface area (Å²) in [5.74, 6) is -1.33. The molecule has 1 aliphatic heterocycles. The highest BCUT2D eigenvalue weighted by atomic mass is 16.6. The molecule has 1 aliphatic rings. The lowest BCUT2D eigenvalue weighted by atomic mass is 9.94. The molecule has 0 unspecified atom stereocenters. The van der Waals surface area contributed by atoms with Gasteiger partial charge in [-0.3, -0.25) is 14.4 Å². The second-order valence-electron chi connectivity index (χ2n) is 4.76. The van der Waals surface area contributed by atoms with E-state index in [2.05, 4.69) is 10.6 Å². The Balaban J connectivity index is 3.01. The minimum atomic E-state index is -1.33. The zero-order chi connectivity index (χ0) is 15.4. The monoisotopic (exact) mass is 288 g/mol. The molecule has 1 fully saturated rings. The van der Waals surface area contributed by atoms with Crippen LogP contribution in [0.4, 0.5) is 0 Å². The number of rotatable bonds is 3. The van der Waals surface area contributed by atoms with Crippen LogP contribution < -0.4 is 10.6 Å². The van der Waals surface area contributed by atoms with Crippen LogP contribution in [0.5, 0.6) is 0 Å². The zero-order valence-corrected chi connectivity index (χ0v) is 11.9. The van der Waals surface area contributed by atoms with Gasteiger partial charge < -0.3 is 25.2 Å². The standard InChI is InChI=1S/C12H20N2O6/c1-5-9(13-6(2)15)11(20-8(4)17)10(12(18)19-5)14-7(3)16/h5,9-12,18H,1-4H3,(H,13,15)(H,14,16)/t5-,9-,10+,11+,12+/m0/s1. The Morgan fingerprint density at radius 3 is 2.00 bits per heavy atom. The molecule has 2 amide bonds. The molecule has 0 aliphatic carbocycles. The van der Waals surface area contributed by atoms with Gasteiger partial charge in [0.1, 0.15) is 12.1 Å². The molecule has 5 atom stereocenters. The molecule has 1 rings (SSSR count). The van der Waals surface area contributed by atoms with E-state index in [0.717, 1.165) is 0 Å². The van der Waals surface area contributed by atoms with Gasteiger partial charge in [0.2, 0.25) is 11.8 Å². The van der Waals surface area contributed by atoms with E-state index in [9.17, 15) is 19.5 Å². The fourth-order valence-corrected chi connectivity index (χ4v) is 2.20. The lowest BCUT2D eigenvalue weighted by Crippen LogP contribution is -2.67. The van der Waals surface area contributed by atoms with Crippen molar-refractivity contribution >= 4 is 17.8 Å². The number of ether oxygens (including phenoxy) is 2. The highest BCUT2D eigenvalue weighted by Gasteiger charge is 2.46. The number of aliphatic hydroxyl groups is 1. The molecule has 0 radical (unpaired) electrons. The molecule has 8 nitrogen and oxygen atoms in total. The summed E-state index contributed by atoms with van der Waals surface area (Å²) in [6.45, 7) is 5.42. The van der Waals surface area contributed by atoms with Crippen LogP contribution in [0.3, 0.4) is 0 Å². The van der Waals surface area contributed by atoms with Crippen LogP contribution in [-0.4, -0.2) is 53.5 Å². The summed E-state index contributed by atoms with van der Waals surface area (Å²) in [5, 5.41) is 15.0. The van der Waals surface area contributed by atoms with Crippen molar-refractivity contribution in [3.63, 3.8) is 0 Å². The van der Waals surface area contributed by atoms with Gasteiger partial charge in [-0.25, -0.2) is 0 Å². The van der Waals surface area contributed by atoms with Crippen molar-refractivity contribution in [1.82, 2.24) is 10.6 Å². The van der Waals surface area contributed by atoms with Gasteiger partial charge in [-0.15, -0.1) is 0 Å². The van der Waals surface area contributed by atoms with Crippen LogP contribution in [0.15, 0.2) is 0 Å². The number of hydrogen-bond acceptors (Lipinski definition) is 6. The third kappa shape index (κ3) is 4.17. The van der Waals surface area contributed by atoms with Crippen molar-refractivity contribution in [3.8, 4) is 0 Å². The van der Waals surface area contributed by atoms with Crippen molar-refractivity contribution in [2.75, 3.05) is 0 Å². The molecule has 0 aromatic carbocycles. The summed E-state index contributed by atoms with van der Waals surface area (Å²) < 4.78 is 10.4. The number of esters is 1. The fraction of sp³-hybridized carbons (Fsp3) is 0.750. The molecular weight excluding hydrogens is 268 g/mol. The van der Waals surface area contributed by atoms with Gasteiger partial charge in [0, 0.05) is 20.8 Å². The molecule has 20 heavy (non-hydrogen) atoms. The highest BCUT2D eigenvalue weighted by Crippen LogP contribution is 2.22. The maximum atomic E-state index is 11.2. The first-order valence-electron chi connectivity index (χ1n) is 6.27. The molecule has 0 saturated carbocycles. The first-order chi connectivity index (χ1) is 9.22. The van der Waals surface area contributed by atoms with Crippen molar-refractivity contribution in [3.05, 3.63) is 0 Å². The number of carbonyl (C=O) groups excluding carboxylic acids is 3. The average Bonchev–Trinajstić information content (AvgIpc) is 2.27. The molecule has 0 spiro atoms. The topological polar surface area (TPSA) is 114 Å². The van der Waals surface area contributed by atoms with Gasteiger partial charge in [-0.2, -0.15) is 0 Å². The minimum absolute atomic E-state index is 0.333. The maximum absolute atomic E-state index is 11.2. The van der Waals surface area contributed by atoms with Gasteiger partial charge in [0.25, 0.3) is 0 Å². The largest absolute Gasteiger partial charge is 0.458 e. The Morgan fingerprint density at radius 1 is 1.05 bits per heavy atom. The van der Waals surface area contributed by atoms with Crippen LogP contribution in [0.25, 0.3) is 0 Å². The Hall–Kier alpha value is -1.67. The molecule has 1 heterocycles. The number of hydrogen-bond donors (Lipinski definition) is 3. The fourth-order valence-electron chi connectivity index (χ4n) is 2.20. The van der Waals surface area contributed by atoms with Gasteiger partial charge in [-0.1, -0.05) is 0 Å². The van der Waals surface area contributed by atoms with Crippen LogP contribution in [-0.2, 0) is 23.9 Å². The molecule has 0 bridgehead atoms. The maximum Gasteiger partial charge on any atom is 0.303 e. The zero-order valence-electron chi connectivity index (χ0n) is 11.9. The van der Waals surface area contributed by atoms with E-state index in [1.165, 1.54) is 20.8 Å². The quantitative estimate of drug-likeness (QED) is 0.554. The number of carbonyl (C=O) groups is 3. The van der Waals surface area contributed by atoms with E-state index in [1.807, 2.05) is 0 Å². The van der Waals surface area contributed by atoms with Crippen LogP contribution in [0.1, 0.15) is 27.7 Å². The van der Waals surface area contributed by atoms with E-state index in [1.54, 1.807) is 6.92 Å². The molecule has 0 aromatic heterocycles. The van der Waals surface area contributed by atoms with E-state index in [-0.39, 0.29) is 5.91 Å². The van der Waals surface area contributed by atoms with Crippen molar-refractivity contribution in [2.45, 2.75) is 58.3 Å². The summed E-state index contributed by atoms with van der Waals surface area (Å²) >= 11 is 0. The Labute approximate surface area is 116 Å². The lowest BCUT2D eigenvalue weighted by Gasteiger charge is -2.43. The Morgan fingerprint density at radius 2 is 1.55 bits per heavy atom. The summed E-state index contributed by atoms with van der Waals surface area (Å²) in [6, 6.07) is -1.62.